The lowest BCUT2D eigenvalue weighted by Crippen LogP contribution is -2.56. The van der Waals surface area contributed by atoms with Crippen molar-refractivity contribution in [2.45, 2.75) is 13.1 Å². The minimum absolute atomic E-state index is 1.13. The summed E-state index contributed by atoms with van der Waals surface area (Å²) in [6, 6.07) is 75.4. The zero-order valence-corrected chi connectivity index (χ0v) is 32.0. The summed E-state index contributed by atoms with van der Waals surface area (Å²) in [4.78, 5) is 4.76. The first-order valence-electron chi connectivity index (χ1n) is 19.1. The fourth-order valence-electron chi connectivity index (χ4n) is 8.77. The van der Waals surface area contributed by atoms with Crippen LogP contribution in [0, 0.1) is 0 Å². The van der Waals surface area contributed by atoms with Gasteiger partial charge in [0.25, 0.3) is 0 Å². The molecule has 55 heavy (non-hydrogen) atoms. The highest BCUT2D eigenvalue weighted by atomic mass is 28.3. The van der Waals surface area contributed by atoms with Gasteiger partial charge in [0.2, 0.25) is 0 Å². The third kappa shape index (κ3) is 5.55. The molecule has 0 N–H and O–H groups in total. The van der Waals surface area contributed by atoms with E-state index in [9.17, 15) is 0 Å². The van der Waals surface area contributed by atoms with Crippen molar-refractivity contribution in [3.05, 3.63) is 206 Å². The Balaban J connectivity index is 1.09. The van der Waals surface area contributed by atoms with E-state index in [2.05, 4.69) is 229 Å². The van der Waals surface area contributed by atoms with E-state index in [1.54, 1.807) is 0 Å². The van der Waals surface area contributed by atoms with Gasteiger partial charge in [0.15, 0.2) is 0 Å². The van der Waals surface area contributed by atoms with Gasteiger partial charge in [-0.1, -0.05) is 153 Å². The highest BCUT2D eigenvalue weighted by Gasteiger charge is 2.36. The summed E-state index contributed by atoms with van der Waals surface area (Å²) in [5.41, 5.74) is 12.1. The van der Waals surface area contributed by atoms with E-state index in [-0.39, 0.29) is 0 Å². The molecule has 262 valence electrons. The molecule has 2 nitrogen and oxygen atoms in total. The Bertz CT molecular complexity index is 2790. The predicted molar refractivity (Wildman–Crippen MR) is 238 cm³/mol. The van der Waals surface area contributed by atoms with Gasteiger partial charge >= 0.3 is 0 Å². The number of nitrogens with zero attached hydrogens (tertiary/aromatic N) is 2. The second-order valence-corrected chi connectivity index (χ2v) is 19.3. The van der Waals surface area contributed by atoms with Crippen molar-refractivity contribution < 1.29 is 0 Å². The second-order valence-electron chi connectivity index (χ2n) is 15.0. The summed E-state index contributed by atoms with van der Waals surface area (Å²) < 4.78 is 0. The lowest BCUT2D eigenvalue weighted by Gasteiger charge is -2.36. The van der Waals surface area contributed by atoms with Gasteiger partial charge in [0, 0.05) is 33.8 Å². The molecule has 0 saturated carbocycles. The standard InChI is InChI=1S/C52H40N2Si/c1-55(2)50-27-15-25-47-44(38-28-30-42(31-29-38)53(39-18-6-3-7-19-39)40-20-8-4-9-21-40)34-35-48(52(47)50)46-33-32-43(36-51(46)55)54(41-22-10-5-11-23-41)49-26-14-17-37-16-12-13-24-45(37)49/h3-36H,1-2H3. The zero-order valence-electron chi connectivity index (χ0n) is 31.0. The third-order valence-corrected chi connectivity index (χ3v) is 14.9. The van der Waals surface area contributed by atoms with Crippen LogP contribution in [-0.4, -0.2) is 8.07 Å². The second kappa shape index (κ2) is 13.3. The Labute approximate surface area is 324 Å². The Morgan fingerprint density at radius 3 is 1.55 bits per heavy atom. The molecule has 9 aromatic carbocycles. The average Bonchev–Trinajstić information content (AvgIpc) is 3.24. The highest BCUT2D eigenvalue weighted by Crippen LogP contribution is 2.43. The first-order valence-corrected chi connectivity index (χ1v) is 22.1. The fraction of sp³-hybridized carbons (Fsp3) is 0.0385. The van der Waals surface area contributed by atoms with E-state index in [0.29, 0.717) is 0 Å². The molecule has 1 aliphatic heterocycles. The van der Waals surface area contributed by atoms with Crippen LogP contribution < -0.4 is 20.2 Å². The normalized spacial score (nSPS) is 12.7. The fourth-order valence-corrected chi connectivity index (χ4v) is 11.9. The van der Waals surface area contributed by atoms with E-state index in [1.807, 2.05) is 0 Å². The summed E-state index contributed by atoms with van der Waals surface area (Å²) in [6.07, 6.45) is 0. The van der Waals surface area contributed by atoms with Gasteiger partial charge in [0.05, 0.1) is 5.69 Å². The molecule has 0 unspecified atom stereocenters. The molecule has 0 bridgehead atoms. The topological polar surface area (TPSA) is 6.48 Å². The molecule has 1 aliphatic rings. The smallest absolute Gasteiger partial charge is 0.113 e. The van der Waals surface area contributed by atoms with E-state index in [1.165, 1.54) is 65.5 Å². The van der Waals surface area contributed by atoms with Crippen LogP contribution >= 0.6 is 0 Å². The largest absolute Gasteiger partial charge is 0.311 e. The zero-order chi connectivity index (χ0) is 36.9. The Morgan fingerprint density at radius 2 is 0.855 bits per heavy atom. The van der Waals surface area contributed by atoms with Crippen molar-refractivity contribution in [3.63, 3.8) is 0 Å². The van der Waals surface area contributed by atoms with Crippen LogP contribution in [0.4, 0.5) is 34.1 Å². The maximum Gasteiger partial charge on any atom is 0.113 e. The summed E-state index contributed by atoms with van der Waals surface area (Å²) in [5.74, 6) is 0. The molecule has 0 atom stereocenters. The first kappa shape index (κ1) is 32.9. The molecule has 0 aliphatic carbocycles. The van der Waals surface area contributed by atoms with Crippen LogP contribution in [0.3, 0.4) is 0 Å². The summed E-state index contributed by atoms with van der Waals surface area (Å²) in [5, 5.41) is 8.19. The number of fused-ring (bicyclic) bond motifs is 3. The number of para-hydroxylation sites is 3. The van der Waals surface area contributed by atoms with Crippen LogP contribution in [0.5, 0.6) is 0 Å². The van der Waals surface area contributed by atoms with E-state index in [0.717, 1.165) is 22.7 Å². The third-order valence-electron chi connectivity index (χ3n) is 11.4. The van der Waals surface area contributed by atoms with Gasteiger partial charge in [-0.05, 0) is 116 Å². The van der Waals surface area contributed by atoms with Crippen molar-refractivity contribution in [1.82, 2.24) is 0 Å². The van der Waals surface area contributed by atoms with Crippen molar-refractivity contribution in [1.29, 1.82) is 0 Å². The number of benzene rings is 9. The Hall–Kier alpha value is -6.68. The van der Waals surface area contributed by atoms with Gasteiger partial charge in [-0.3, -0.25) is 0 Å². The Morgan fingerprint density at radius 1 is 0.345 bits per heavy atom. The van der Waals surface area contributed by atoms with Gasteiger partial charge < -0.3 is 9.80 Å². The van der Waals surface area contributed by atoms with Crippen molar-refractivity contribution in [3.8, 4) is 22.3 Å². The summed E-state index contributed by atoms with van der Waals surface area (Å²) >= 11 is 0. The summed E-state index contributed by atoms with van der Waals surface area (Å²) in [7, 11) is -2.15. The molecule has 10 rings (SSSR count). The number of anilines is 6. The minimum Gasteiger partial charge on any atom is -0.311 e. The Kier molecular flexibility index (Phi) is 7.97. The van der Waals surface area contributed by atoms with Gasteiger partial charge in [-0.25, -0.2) is 0 Å². The molecule has 0 radical (unpaired) electrons. The first-order chi connectivity index (χ1) is 27.1. The molecular formula is C52H40N2Si. The molecule has 0 fully saturated rings. The molecule has 3 heteroatoms. The summed E-state index contributed by atoms with van der Waals surface area (Å²) in [6.45, 7) is 5.06. The van der Waals surface area contributed by atoms with Gasteiger partial charge in [0.1, 0.15) is 8.07 Å². The molecular weight excluding hydrogens is 681 g/mol. The van der Waals surface area contributed by atoms with Crippen molar-refractivity contribution >= 4 is 74.1 Å². The van der Waals surface area contributed by atoms with Crippen LogP contribution in [0.1, 0.15) is 0 Å². The maximum atomic E-state index is 2.53. The monoisotopic (exact) mass is 720 g/mol. The lowest BCUT2D eigenvalue weighted by atomic mass is 9.91. The predicted octanol–water partition coefficient (Wildman–Crippen LogP) is 13.4. The van der Waals surface area contributed by atoms with Crippen LogP contribution in [0.25, 0.3) is 43.8 Å². The maximum absolute atomic E-state index is 2.53. The van der Waals surface area contributed by atoms with E-state index >= 15 is 0 Å². The molecule has 9 aromatic rings. The van der Waals surface area contributed by atoms with Crippen molar-refractivity contribution in [2.75, 3.05) is 9.80 Å². The molecule has 1 heterocycles. The van der Waals surface area contributed by atoms with Crippen LogP contribution in [-0.2, 0) is 0 Å². The quantitative estimate of drug-likeness (QED) is 0.151. The molecule has 0 aromatic heterocycles. The molecule has 0 spiro atoms. The number of hydrogen-bond donors (Lipinski definition) is 0. The average molecular weight is 721 g/mol. The van der Waals surface area contributed by atoms with E-state index < -0.39 is 8.07 Å². The molecule has 0 saturated heterocycles. The minimum atomic E-state index is -2.15. The number of hydrogen-bond acceptors (Lipinski definition) is 2. The van der Waals surface area contributed by atoms with Crippen LogP contribution in [0.15, 0.2) is 206 Å². The number of rotatable bonds is 7. The molecule has 0 amide bonds. The van der Waals surface area contributed by atoms with E-state index in [4.69, 9.17) is 0 Å². The highest BCUT2D eigenvalue weighted by molar-refractivity contribution is 7.03. The van der Waals surface area contributed by atoms with Crippen molar-refractivity contribution in [2.24, 2.45) is 0 Å². The van der Waals surface area contributed by atoms with Crippen LogP contribution in [0.2, 0.25) is 13.1 Å². The van der Waals surface area contributed by atoms with Gasteiger partial charge in [-0.2, -0.15) is 0 Å². The van der Waals surface area contributed by atoms with Gasteiger partial charge in [-0.15, -0.1) is 0 Å². The lowest BCUT2D eigenvalue weighted by molar-refractivity contribution is 1.28. The SMILES string of the molecule is C[Si]1(C)c2cc(N(c3ccccc3)c3cccc4ccccc34)ccc2-c2ccc(-c3ccc(N(c4ccccc4)c4ccccc4)cc3)c3cccc1c23.